The van der Waals surface area contributed by atoms with E-state index in [1.165, 1.54) is 0 Å². The summed E-state index contributed by atoms with van der Waals surface area (Å²) in [7, 11) is 0. The lowest BCUT2D eigenvalue weighted by Gasteiger charge is -2.30. The number of amides is 1. The zero-order valence-corrected chi connectivity index (χ0v) is 14.6. The van der Waals surface area contributed by atoms with Crippen molar-refractivity contribution in [3.8, 4) is 6.07 Å². The lowest BCUT2D eigenvalue weighted by molar-refractivity contribution is 0.0921. The molecule has 0 aliphatic heterocycles. The van der Waals surface area contributed by atoms with E-state index < -0.39 is 5.82 Å². The van der Waals surface area contributed by atoms with Crippen LogP contribution in [0.5, 0.6) is 0 Å². The lowest BCUT2D eigenvalue weighted by Crippen LogP contribution is -2.42. The van der Waals surface area contributed by atoms with Crippen LogP contribution in [0, 0.1) is 17.1 Å². The molecule has 6 nitrogen and oxygen atoms in total. The Balaban J connectivity index is 1.63. The summed E-state index contributed by atoms with van der Waals surface area (Å²) in [5, 5.41) is 14.8. The fourth-order valence-corrected chi connectivity index (χ4v) is 3.23. The molecule has 0 bridgehead atoms. The molecule has 2 N–H and O–H groups in total. The van der Waals surface area contributed by atoms with E-state index in [2.05, 4.69) is 20.6 Å². The number of aromatic nitrogens is 2. The van der Waals surface area contributed by atoms with Gasteiger partial charge in [0, 0.05) is 18.3 Å². The highest BCUT2D eigenvalue weighted by Gasteiger charge is 2.25. The number of nitrogens with one attached hydrogen (secondary N) is 2. The Kier molecular flexibility index (Phi) is 5.64. The fraction of sp³-hybridized carbons (Fsp3) is 0.333. The van der Waals surface area contributed by atoms with Gasteiger partial charge in [0.25, 0.3) is 5.91 Å². The van der Waals surface area contributed by atoms with Crippen molar-refractivity contribution in [1.82, 2.24) is 15.3 Å². The van der Waals surface area contributed by atoms with Crippen LogP contribution in [-0.2, 0) is 0 Å². The first-order valence-corrected chi connectivity index (χ1v) is 8.69. The van der Waals surface area contributed by atoms with Crippen LogP contribution in [-0.4, -0.2) is 28.0 Å². The summed E-state index contributed by atoms with van der Waals surface area (Å²) in [4.78, 5) is 20.2. The number of halogens is 2. The molecule has 0 aromatic carbocycles. The predicted molar refractivity (Wildman–Crippen MR) is 95.3 cm³/mol. The van der Waals surface area contributed by atoms with Crippen LogP contribution in [0.3, 0.4) is 0 Å². The van der Waals surface area contributed by atoms with Gasteiger partial charge in [0.2, 0.25) is 0 Å². The molecule has 3 rings (SSSR count). The Morgan fingerprint density at radius 2 is 2.15 bits per heavy atom. The molecule has 1 aliphatic rings. The summed E-state index contributed by atoms with van der Waals surface area (Å²) in [6, 6.07) is 7.95. The predicted octanol–water partition coefficient (Wildman–Crippen LogP) is 3.29. The van der Waals surface area contributed by atoms with Crippen LogP contribution in [0.2, 0.25) is 5.15 Å². The number of carbonyl (C=O) groups is 1. The van der Waals surface area contributed by atoms with Gasteiger partial charge < -0.3 is 10.6 Å². The zero-order valence-electron chi connectivity index (χ0n) is 13.9. The second-order valence-electron chi connectivity index (χ2n) is 6.16. The number of carbonyl (C=O) groups excluding carboxylic acids is 1. The first-order valence-electron chi connectivity index (χ1n) is 8.31. The van der Waals surface area contributed by atoms with Crippen LogP contribution in [0.15, 0.2) is 30.5 Å². The highest BCUT2D eigenvalue weighted by Crippen LogP contribution is 2.25. The monoisotopic (exact) mass is 373 g/mol. The summed E-state index contributed by atoms with van der Waals surface area (Å²) < 4.78 is 14.1. The SMILES string of the molecule is N#Cc1cc(F)c(N[C@@H]2CCC[C@H](NC(=O)c3ccccn3)C2)nc1Cl. The molecule has 1 saturated carbocycles. The van der Waals surface area contributed by atoms with Gasteiger partial charge in [-0.15, -0.1) is 0 Å². The summed E-state index contributed by atoms with van der Waals surface area (Å²) in [6.45, 7) is 0. The minimum absolute atomic E-state index is 0.00105. The molecule has 8 heteroatoms. The summed E-state index contributed by atoms with van der Waals surface area (Å²) in [5.41, 5.74) is 0.369. The quantitative estimate of drug-likeness (QED) is 0.802. The van der Waals surface area contributed by atoms with Crippen molar-refractivity contribution < 1.29 is 9.18 Å². The first-order chi connectivity index (χ1) is 12.6. The van der Waals surface area contributed by atoms with Gasteiger partial charge in [-0.25, -0.2) is 9.37 Å². The number of nitrogens with zero attached hydrogens (tertiary/aromatic N) is 3. The molecule has 134 valence electrons. The molecule has 0 spiro atoms. The highest BCUT2D eigenvalue weighted by molar-refractivity contribution is 6.30. The molecule has 0 radical (unpaired) electrons. The van der Waals surface area contributed by atoms with Crippen LogP contribution in [0.4, 0.5) is 10.2 Å². The maximum absolute atomic E-state index is 14.1. The Morgan fingerprint density at radius 1 is 1.35 bits per heavy atom. The third-order valence-electron chi connectivity index (χ3n) is 4.30. The van der Waals surface area contributed by atoms with E-state index in [1.54, 1.807) is 30.5 Å². The largest absolute Gasteiger partial charge is 0.365 e. The fourth-order valence-electron chi connectivity index (χ4n) is 3.05. The number of nitriles is 1. The van der Waals surface area contributed by atoms with Crippen molar-refractivity contribution in [2.75, 3.05) is 5.32 Å². The summed E-state index contributed by atoms with van der Waals surface area (Å²) in [6.07, 6.45) is 4.77. The van der Waals surface area contributed by atoms with Crippen molar-refractivity contribution in [2.24, 2.45) is 0 Å². The van der Waals surface area contributed by atoms with Crippen LogP contribution in [0.1, 0.15) is 41.7 Å². The normalized spacial score (nSPS) is 19.4. The zero-order chi connectivity index (χ0) is 18.5. The standard InChI is InChI=1S/C18H17ClFN5O/c19-16-11(10-21)8-14(20)17(25-16)23-12-4-3-5-13(9-12)24-18(26)15-6-1-2-7-22-15/h1-2,6-8,12-13H,3-5,9H2,(H,23,25)(H,24,26)/t12-,13+/m1/s1. The highest BCUT2D eigenvalue weighted by atomic mass is 35.5. The maximum atomic E-state index is 14.1. The van der Waals surface area contributed by atoms with Gasteiger partial charge in [0.1, 0.15) is 16.9 Å². The van der Waals surface area contributed by atoms with Crippen molar-refractivity contribution in [2.45, 2.75) is 37.8 Å². The summed E-state index contributed by atoms with van der Waals surface area (Å²) in [5.74, 6) is -0.816. The van der Waals surface area contributed by atoms with Gasteiger partial charge in [-0.2, -0.15) is 5.26 Å². The number of hydrogen-bond donors (Lipinski definition) is 2. The van der Waals surface area contributed by atoms with Crippen molar-refractivity contribution in [3.05, 3.63) is 52.7 Å². The van der Waals surface area contributed by atoms with Gasteiger partial charge in [0.05, 0.1) is 5.56 Å². The molecular formula is C18H17ClFN5O. The Hall–Kier alpha value is -2.72. The third kappa shape index (κ3) is 4.27. The third-order valence-corrected chi connectivity index (χ3v) is 4.59. The average Bonchev–Trinajstić information content (AvgIpc) is 2.65. The molecule has 0 saturated heterocycles. The van der Waals surface area contributed by atoms with Gasteiger partial charge in [-0.3, -0.25) is 9.78 Å². The molecule has 1 amide bonds. The molecule has 2 aromatic rings. The van der Waals surface area contributed by atoms with E-state index in [9.17, 15) is 9.18 Å². The van der Waals surface area contributed by atoms with Gasteiger partial charge >= 0.3 is 0 Å². The van der Waals surface area contributed by atoms with E-state index in [0.29, 0.717) is 12.1 Å². The Bertz CT molecular complexity index is 839. The molecule has 0 unspecified atom stereocenters. The van der Waals surface area contributed by atoms with Crippen molar-refractivity contribution in [3.63, 3.8) is 0 Å². The van der Waals surface area contributed by atoms with E-state index >= 15 is 0 Å². The Morgan fingerprint density at radius 3 is 2.88 bits per heavy atom. The van der Waals surface area contributed by atoms with Gasteiger partial charge in [0.15, 0.2) is 11.6 Å². The number of rotatable bonds is 4. The molecule has 2 aromatic heterocycles. The lowest BCUT2D eigenvalue weighted by atomic mass is 9.91. The number of anilines is 1. The number of pyridine rings is 2. The summed E-state index contributed by atoms with van der Waals surface area (Å²) >= 11 is 5.88. The van der Waals surface area contributed by atoms with E-state index in [-0.39, 0.29) is 34.5 Å². The molecule has 2 atom stereocenters. The molecule has 1 fully saturated rings. The van der Waals surface area contributed by atoms with Crippen molar-refractivity contribution >= 4 is 23.3 Å². The smallest absolute Gasteiger partial charge is 0.270 e. The minimum atomic E-state index is -0.620. The second kappa shape index (κ2) is 8.11. The average molecular weight is 374 g/mol. The molecule has 26 heavy (non-hydrogen) atoms. The van der Waals surface area contributed by atoms with Crippen molar-refractivity contribution in [1.29, 1.82) is 5.26 Å². The topological polar surface area (TPSA) is 90.7 Å². The van der Waals surface area contributed by atoms with Gasteiger partial charge in [-0.05, 0) is 43.9 Å². The van der Waals surface area contributed by atoms with E-state index in [1.807, 2.05) is 0 Å². The van der Waals surface area contributed by atoms with Crippen LogP contribution < -0.4 is 10.6 Å². The van der Waals surface area contributed by atoms with E-state index in [4.69, 9.17) is 16.9 Å². The molecule has 2 heterocycles. The molecular weight excluding hydrogens is 357 g/mol. The molecule has 1 aliphatic carbocycles. The maximum Gasteiger partial charge on any atom is 0.270 e. The van der Waals surface area contributed by atoms with Crippen LogP contribution in [0.25, 0.3) is 0 Å². The van der Waals surface area contributed by atoms with E-state index in [0.717, 1.165) is 25.3 Å². The van der Waals surface area contributed by atoms with Gasteiger partial charge in [-0.1, -0.05) is 17.7 Å². The first kappa shape index (κ1) is 18.1. The van der Waals surface area contributed by atoms with Crippen LogP contribution >= 0.6 is 11.6 Å². The Labute approximate surface area is 155 Å². The second-order valence-corrected chi connectivity index (χ2v) is 6.52. The minimum Gasteiger partial charge on any atom is -0.365 e. The number of hydrogen-bond acceptors (Lipinski definition) is 5.